The fourth-order valence-corrected chi connectivity index (χ4v) is 3.31. The second kappa shape index (κ2) is 5.99. The smallest absolute Gasteiger partial charge is 0.259 e. The van der Waals surface area contributed by atoms with Crippen molar-refractivity contribution in [2.45, 2.75) is 45.6 Å². The summed E-state index contributed by atoms with van der Waals surface area (Å²) in [6, 6.07) is 9.92. The van der Waals surface area contributed by atoms with Crippen LogP contribution in [0, 0.1) is 13.8 Å². The lowest BCUT2D eigenvalue weighted by Crippen LogP contribution is -2.27. The highest BCUT2D eigenvalue weighted by Gasteiger charge is 2.29. The Balaban J connectivity index is 1.69. The Morgan fingerprint density at radius 3 is 2.76 bits per heavy atom. The zero-order valence-corrected chi connectivity index (χ0v) is 14.7. The number of fused-ring (bicyclic) bond motifs is 1. The van der Waals surface area contributed by atoms with Crippen LogP contribution in [-0.4, -0.2) is 16.0 Å². The summed E-state index contributed by atoms with van der Waals surface area (Å²) in [5, 5.41) is 7.81. The number of nitrogens with one attached hydrogen (secondary N) is 1. The van der Waals surface area contributed by atoms with Crippen LogP contribution < -0.4 is 5.32 Å². The van der Waals surface area contributed by atoms with Gasteiger partial charge in [-0.1, -0.05) is 29.4 Å². The van der Waals surface area contributed by atoms with Crippen molar-refractivity contribution >= 4 is 17.0 Å². The second-order valence-electron chi connectivity index (χ2n) is 6.87. The third-order valence-corrected chi connectivity index (χ3v) is 4.88. The molecular weight excluding hydrogens is 314 g/mol. The zero-order valence-electron chi connectivity index (χ0n) is 14.7. The van der Waals surface area contributed by atoms with Crippen LogP contribution in [0.25, 0.3) is 11.1 Å². The number of pyridine rings is 1. The van der Waals surface area contributed by atoms with Gasteiger partial charge in [0, 0.05) is 11.6 Å². The second-order valence-corrected chi connectivity index (χ2v) is 6.87. The van der Waals surface area contributed by atoms with E-state index in [-0.39, 0.29) is 11.9 Å². The molecule has 1 N–H and O–H groups in total. The van der Waals surface area contributed by atoms with Crippen LogP contribution in [0.3, 0.4) is 0 Å². The summed E-state index contributed by atoms with van der Waals surface area (Å²) in [5.41, 5.74) is 4.96. The molecule has 0 saturated heterocycles. The van der Waals surface area contributed by atoms with Crippen molar-refractivity contribution in [3.8, 4) is 0 Å². The molecule has 128 valence electrons. The average molecular weight is 335 g/mol. The van der Waals surface area contributed by atoms with Crippen LogP contribution in [0.5, 0.6) is 0 Å². The first kappa shape index (κ1) is 15.8. The van der Waals surface area contributed by atoms with Gasteiger partial charge >= 0.3 is 0 Å². The van der Waals surface area contributed by atoms with Gasteiger partial charge in [-0.15, -0.1) is 0 Å². The van der Waals surface area contributed by atoms with Crippen molar-refractivity contribution in [3.63, 3.8) is 0 Å². The lowest BCUT2D eigenvalue weighted by molar-refractivity contribution is 0.0941. The largest absolute Gasteiger partial charge is 0.345 e. The topological polar surface area (TPSA) is 68.0 Å². The number of rotatable bonds is 4. The Morgan fingerprint density at radius 2 is 2.04 bits per heavy atom. The van der Waals surface area contributed by atoms with Gasteiger partial charge < -0.3 is 9.84 Å². The zero-order chi connectivity index (χ0) is 17.6. The first-order chi connectivity index (χ1) is 12.0. The van der Waals surface area contributed by atoms with Gasteiger partial charge in [0.1, 0.15) is 0 Å². The van der Waals surface area contributed by atoms with Crippen molar-refractivity contribution in [3.05, 3.63) is 58.4 Å². The maximum absolute atomic E-state index is 13.0. The van der Waals surface area contributed by atoms with Crippen LogP contribution in [0.2, 0.25) is 0 Å². The first-order valence-electron chi connectivity index (χ1n) is 8.68. The quantitative estimate of drug-likeness (QED) is 0.775. The third-order valence-electron chi connectivity index (χ3n) is 4.88. The van der Waals surface area contributed by atoms with E-state index in [9.17, 15) is 4.79 Å². The number of carbonyl (C=O) groups is 1. The van der Waals surface area contributed by atoms with Crippen molar-refractivity contribution in [2.24, 2.45) is 0 Å². The predicted octanol–water partition coefficient (Wildman–Crippen LogP) is 4.21. The molecule has 0 spiro atoms. The van der Waals surface area contributed by atoms with Crippen LogP contribution in [0.15, 0.2) is 34.9 Å². The summed E-state index contributed by atoms with van der Waals surface area (Å²) in [5.74, 6) is 0.325. The van der Waals surface area contributed by atoms with Crippen LogP contribution in [0.1, 0.15) is 64.6 Å². The molecule has 1 amide bonds. The highest BCUT2D eigenvalue weighted by atomic mass is 16.5. The number of nitrogens with zero attached hydrogens (tertiary/aromatic N) is 2. The SMILES string of the molecule is Cc1ccccc1[C@H](C)NC(=O)c1cc(C2CC2)nc2onc(C)c12. The molecule has 5 heteroatoms. The molecule has 1 atom stereocenters. The maximum Gasteiger partial charge on any atom is 0.259 e. The van der Waals surface area contributed by atoms with Crippen molar-refractivity contribution < 1.29 is 9.32 Å². The van der Waals surface area contributed by atoms with E-state index in [1.807, 2.05) is 38.1 Å². The molecule has 1 aromatic carbocycles. The van der Waals surface area contributed by atoms with Gasteiger partial charge in [0.15, 0.2) is 0 Å². The molecule has 1 aliphatic carbocycles. The standard InChI is InChI=1S/C20H21N3O2/c1-11-6-4-5-7-15(11)12(2)21-19(24)16-10-17(14-8-9-14)22-20-18(16)13(3)23-25-20/h4-7,10,12,14H,8-9H2,1-3H3,(H,21,24)/t12-/m0/s1. The van der Waals surface area contributed by atoms with Gasteiger partial charge in [-0.05, 0) is 50.8 Å². The van der Waals surface area contributed by atoms with E-state index in [0.29, 0.717) is 28.3 Å². The molecular formula is C20H21N3O2. The normalized spacial score (nSPS) is 15.3. The molecule has 0 radical (unpaired) electrons. The summed E-state index contributed by atoms with van der Waals surface area (Å²) >= 11 is 0. The molecule has 2 heterocycles. The summed E-state index contributed by atoms with van der Waals surface area (Å²) in [6.07, 6.45) is 2.23. The van der Waals surface area contributed by atoms with Crippen LogP contribution in [0.4, 0.5) is 0 Å². The maximum atomic E-state index is 13.0. The number of hydrogen-bond donors (Lipinski definition) is 1. The van der Waals surface area contributed by atoms with Crippen molar-refractivity contribution in [1.82, 2.24) is 15.5 Å². The summed E-state index contributed by atoms with van der Waals surface area (Å²) < 4.78 is 5.33. The lowest BCUT2D eigenvalue weighted by Gasteiger charge is -2.17. The monoisotopic (exact) mass is 335 g/mol. The Bertz CT molecular complexity index is 957. The van der Waals surface area contributed by atoms with Gasteiger partial charge in [-0.2, -0.15) is 0 Å². The van der Waals surface area contributed by atoms with Gasteiger partial charge in [0.25, 0.3) is 11.6 Å². The minimum Gasteiger partial charge on any atom is -0.345 e. The molecule has 5 nitrogen and oxygen atoms in total. The molecule has 0 aliphatic heterocycles. The number of amides is 1. The number of carbonyl (C=O) groups excluding carboxylic acids is 1. The van der Waals surface area contributed by atoms with E-state index in [1.54, 1.807) is 0 Å². The Morgan fingerprint density at radius 1 is 1.28 bits per heavy atom. The molecule has 1 fully saturated rings. The van der Waals surface area contributed by atoms with Crippen molar-refractivity contribution in [1.29, 1.82) is 0 Å². The lowest BCUT2D eigenvalue weighted by atomic mass is 10.0. The Kier molecular flexibility index (Phi) is 3.79. The Hall–Kier alpha value is -2.69. The number of benzene rings is 1. The number of aryl methyl sites for hydroxylation is 2. The molecule has 0 unspecified atom stereocenters. The molecule has 1 saturated carbocycles. The van der Waals surface area contributed by atoms with E-state index in [1.165, 1.54) is 0 Å². The Labute approximate surface area is 146 Å². The molecule has 2 aromatic heterocycles. The summed E-state index contributed by atoms with van der Waals surface area (Å²) in [7, 11) is 0. The van der Waals surface area contributed by atoms with Gasteiger partial charge in [0.2, 0.25) is 0 Å². The number of aromatic nitrogens is 2. The molecule has 1 aliphatic rings. The minimum atomic E-state index is -0.114. The van der Waals surface area contributed by atoms with E-state index in [0.717, 1.165) is 29.7 Å². The summed E-state index contributed by atoms with van der Waals surface area (Å²) in [6.45, 7) is 5.89. The van der Waals surface area contributed by atoms with E-state index in [2.05, 4.69) is 28.4 Å². The first-order valence-corrected chi connectivity index (χ1v) is 8.68. The molecule has 0 bridgehead atoms. The van der Waals surface area contributed by atoms with Gasteiger partial charge in [-0.25, -0.2) is 4.98 Å². The summed E-state index contributed by atoms with van der Waals surface area (Å²) in [4.78, 5) is 17.5. The van der Waals surface area contributed by atoms with E-state index >= 15 is 0 Å². The fourth-order valence-electron chi connectivity index (χ4n) is 3.31. The molecule has 4 rings (SSSR count). The molecule has 25 heavy (non-hydrogen) atoms. The fraction of sp³-hybridized carbons (Fsp3) is 0.350. The number of hydrogen-bond acceptors (Lipinski definition) is 4. The van der Waals surface area contributed by atoms with Gasteiger partial charge in [0.05, 0.1) is 22.7 Å². The van der Waals surface area contributed by atoms with Crippen LogP contribution >= 0.6 is 0 Å². The average Bonchev–Trinajstić information content (AvgIpc) is 3.38. The van der Waals surface area contributed by atoms with Crippen molar-refractivity contribution in [2.75, 3.05) is 0 Å². The highest BCUT2D eigenvalue weighted by molar-refractivity contribution is 6.06. The molecule has 3 aromatic rings. The predicted molar refractivity (Wildman–Crippen MR) is 95.6 cm³/mol. The van der Waals surface area contributed by atoms with E-state index < -0.39 is 0 Å². The van der Waals surface area contributed by atoms with Crippen LogP contribution in [-0.2, 0) is 0 Å². The third kappa shape index (κ3) is 2.90. The van der Waals surface area contributed by atoms with Gasteiger partial charge in [-0.3, -0.25) is 4.79 Å². The highest BCUT2D eigenvalue weighted by Crippen LogP contribution is 2.40. The minimum absolute atomic E-state index is 0.0820. The van der Waals surface area contributed by atoms with E-state index in [4.69, 9.17) is 4.52 Å².